The van der Waals surface area contributed by atoms with Crippen molar-refractivity contribution in [3.8, 4) is 5.75 Å². The number of alkyl carbamates (subject to hydrolysis) is 1. The summed E-state index contributed by atoms with van der Waals surface area (Å²) >= 11 is 0. The number of hydrogen-bond donors (Lipinski definition) is 3. The summed E-state index contributed by atoms with van der Waals surface area (Å²) in [5.74, 6) is -2.11. The van der Waals surface area contributed by atoms with E-state index in [1.807, 2.05) is 0 Å². The molecule has 2 rings (SSSR count). The summed E-state index contributed by atoms with van der Waals surface area (Å²) < 4.78 is 24.7. The minimum Gasteiger partial charge on any atom is -0.505 e. The molecule has 3 N–H and O–H groups in total. The smallest absolute Gasteiger partial charge is 0.414 e. The Balaban J connectivity index is 2.21. The second kappa shape index (κ2) is 10.4. The maximum Gasteiger partial charge on any atom is 0.414 e. The van der Waals surface area contributed by atoms with E-state index in [-0.39, 0.29) is 30.8 Å². The molecule has 28 heavy (non-hydrogen) atoms. The fourth-order valence-electron chi connectivity index (χ4n) is 2.62. The van der Waals surface area contributed by atoms with Gasteiger partial charge in [-0.1, -0.05) is 24.3 Å². The minimum absolute atomic E-state index is 0.112. The third kappa shape index (κ3) is 5.77. The highest BCUT2D eigenvalue weighted by Crippen LogP contribution is 2.29. The first-order chi connectivity index (χ1) is 13.5. The van der Waals surface area contributed by atoms with Crippen LogP contribution in [0.5, 0.6) is 5.75 Å². The van der Waals surface area contributed by atoms with Gasteiger partial charge in [0.2, 0.25) is 0 Å². The van der Waals surface area contributed by atoms with E-state index in [0.717, 1.165) is 12.1 Å². The number of hydrogen-bond acceptors (Lipinski definition) is 6. The number of carbonyl (C=O) groups is 2. The van der Waals surface area contributed by atoms with Gasteiger partial charge in [0.05, 0.1) is 0 Å². The number of benzene rings is 2. The van der Waals surface area contributed by atoms with Crippen LogP contribution in [-0.2, 0) is 9.47 Å². The second-order valence-corrected chi connectivity index (χ2v) is 5.86. The number of carbonyl (C=O) groups excluding carboxylic acids is 2. The third-order valence-electron chi connectivity index (χ3n) is 3.92. The summed E-state index contributed by atoms with van der Waals surface area (Å²) in [6.07, 6.45) is -2.82. The summed E-state index contributed by atoms with van der Waals surface area (Å²) in [5.41, 5.74) is 0.480. The van der Waals surface area contributed by atoms with Crippen LogP contribution in [0.2, 0.25) is 0 Å². The van der Waals surface area contributed by atoms with Crippen molar-refractivity contribution in [2.45, 2.75) is 25.6 Å². The van der Waals surface area contributed by atoms with Gasteiger partial charge in [-0.25, -0.2) is 9.18 Å². The quantitative estimate of drug-likeness (QED) is 0.639. The highest BCUT2D eigenvalue weighted by molar-refractivity contribution is 6.02. The maximum atomic E-state index is 13.8. The fourth-order valence-corrected chi connectivity index (χ4v) is 2.62. The van der Waals surface area contributed by atoms with Crippen molar-refractivity contribution in [3.63, 3.8) is 0 Å². The van der Waals surface area contributed by atoms with Crippen LogP contribution in [0.4, 0.5) is 9.18 Å². The lowest BCUT2D eigenvalue weighted by Gasteiger charge is -2.27. The third-order valence-corrected chi connectivity index (χ3v) is 3.92. The highest BCUT2D eigenvalue weighted by Gasteiger charge is 2.29. The summed E-state index contributed by atoms with van der Waals surface area (Å²) in [7, 11) is 0. The Kier molecular flexibility index (Phi) is 7.91. The van der Waals surface area contributed by atoms with Gasteiger partial charge in [-0.05, 0) is 36.8 Å². The predicted octanol–water partition coefficient (Wildman–Crippen LogP) is 2.93. The molecule has 0 saturated heterocycles. The summed E-state index contributed by atoms with van der Waals surface area (Å²) in [4.78, 5) is 24.4. The molecule has 2 aromatic rings. The maximum absolute atomic E-state index is 13.8. The molecule has 7 nitrogen and oxygen atoms in total. The van der Waals surface area contributed by atoms with Gasteiger partial charge in [0, 0.05) is 25.2 Å². The normalized spacial score (nSPS) is 12.8. The lowest BCUT2D eigenvalue weighted by molar-refractivity contribution is -0.0510. The largest absolute Gasteiger partial charge is 0.505 e. The molecule has 0 radical (unpaired) electrons. The number of rotatable bonds is 8. The summed E-state index contributed by atoms with van der Waals surface area (Å²) in [6, 6.07) is 11.6. The number of aromatic hydroxyl groups is 1. The average molecular weight is 391 g/mol. The van der Waals surface area contributed by atoms with E-state index in [0.29, 0.717) is 0 Å². The lowest BCUT2D eigenvalue weighted by atomic mass is 10.0. The number of aliphatic hydroxyl groups is 1. The van der Waals surface area contributed by atoms with Gasteiger partial charge in [0.25, 0.3) is 5.91 Å². The Morgan fingerprint density at radius 2 is 1.89 bits per heavy atom. The molecule has 0 aromatic heterocycles. The van der Waals surface area contributed by atoms with Crippen molar-refractivity contribution in [2.24, 2.45) is 0 Å². The minimum atomic E-state index is -1.11. The zero-order chi connectivity index (χ0) is 20.5. The Morgan fingerprint density at radius 3 is 2.50 bits per heavy atom. The number of amides is 2. The lowest BCUT2D eigenvalue weighted by Crippen LogP contribution is -2.35. The van der Waals surface area contributed by atoms with E-state index in [2.05, 4.69) is 5.32 Å². The molecule has 0 aliphatic rings. The van der Waals surface area contributed by atoms with Crippen LogP contribution in [0.1, 0.15) is 35.4 Å². The highest BCUT2D eigenvalue weighted by atomic mass is 19.1. The number of nitrogens with one attached hydrogen (secondary N) is 1. The topological polar surface area (TPSA) is 105 Å². The molecule has 0 saturated carbocycles. The number of ether oxygens (including phenoxy) is 2. The Labute approximate surface area is 161 Å². The number of phenolic OH excluding ortho intramolecular Hbond substituents is 1. The van der Waals surface area contributed by atoms with Crippen LogP contribution in [-0.4, -0.2) is 41.5 Å². The molecule has 2 amide bonds. The standard InChI is InChI=1S/C20H22FNO6/c1-2-27-17(10-11-23)18(14-8-9-16(24)15(21)12-14)28-20(26)22-19(25)13-6-4-3-5-7-13/h3-9,12,17-18,23-24H,2,10-11H2,1H3,(H,22,25,26)/t17-,18-/m1/s1. The number of imide groups is 1. The van der Waals surface area contributed by atoms with Gasteiger partial charge < -0.3 is 19.7 Å². The SMILES string of the molecule is CCO[C@H](CCO)[C@H](OC(=O)NC(=O)c1ccccc1)c1ccc(O)c(F)c1. The van der Waals surface area contributed by atoms with Crippen molar-refractivity contribution >= 4 is 12.0 Å². The first kappa shape index (κ1) is 21.3. The van der Waals surface area contributed by atoms with Crippen LogP contribution in [0.15, 0.2) is 48.5 Å². The molecule has 0 aliphatic heterocycles. The zero-order valence-corrected chi connectivity index (χ0v) is 15.3. The van der Waals surface area contributed by atoms with Gasteiger partial charge in [-0.2, -0.15) is 0 Å². The average Bonchev–Trinajstić information content (AvgIpc) is 2.69. The molecule has 2 aromatic carbocycles. The van der Waals surface area contributed by atoms with Crippen molar-refractivity contribution in [2.75, 3.05) is 13.2 Å². The first-order valence-electron chi connectivity index (χ1n) is 8.74. The van der Waals surface area contributed by atoms with E-state index >= 15 is 0 Å². The van der Waals surface area contributed by atoms with E-state index in [4.69, 9.17) is 9.47 Å². The van der Waals surface area contributed by atoms with Crippen LogP contribution in [0.25, 0.3) is 0 Å². The van der Waals surface area contributed by atoms with Crippen molar-refractivity contribution in [3.05, 3.63) is 65.5 Å². The molecule has 2 atom stereocenters. The Bertz CT molecular complexity index is 793. The molecular formula is C20H22FNO6. The molecule has 0 bridgehead atoms. The monoisotopic (exact) mass is 391 g/mol. The fraction of sp³-hybridized carbons (Fsp3) is 0.300. The molecule has 8 heteroatoms. The second-order valence-electron chi connectivity index (χ2n) is 5.86. The van der Waals surface area contributed by atoms with Crippen molar-refractivity contribution in [1.29, 1.82) is 0 Å². The number of phenols is 1. The van der Waals surface area contributed by atoms with Gasteiger partial charge in [0.15, 0.2) is 17.7 Å². The van der Waals surface area contributed by atoms with E-state index in [9.17, 15) is 24.2 Å². The van der Waals surface area contributed by atoms with Gasteiger partial charge in [-0.3, -0.25) is 10.1 Å². The molecule has 0 spiro atoms. The molecular weight excluding hydrogens is 369 g/mol. The van der Waals surface area contributed by atoms with E-state index < -0.39 is 35.8 Å². The zero-order valence-electron chi connectivity index (χ0n) is 15.3. The summed E-state index contributed by atoms with van der Waals surface area (Å²) in [5, 5.41) is 20.8. The molecule has 150 valence electrons. The van der Waals surface area contributed by atoms with E-state index in [1.54, 1.807) is 25.1 Å². The molecule has 0 aliphatic carbocycles. The molecule has 0 unspecified atom stereocenters. The van der Waals surface area contributed by atoms with Gasteiger partial charge in [0.1, 0.15) is 6.10 Å². The van der Waals surface area contributed by atoms with Crippen LogP contribution >= 0.6 is 0 Å². The molecule has 0 heterocycles. The van der Waals surface area contributed by atoms with E-state index in [1.165, 1.54) is 18.2 Å². The van der Waals surface area contributed by atoms with Crippen LogP contribution in [0, 0.1) is 5.82 Å². The van der Waals surface area contributed by atoms with Crippen molar-refractivity contribution in [1.82, 2.24) is 5.32 Å². The van der Waals surface area contributed by atoms with Crippen molar-refractivity contribution < 1.29 is 33.7 Å². The Morgan fingerprint density at radius 1 is 1.18 bits per heavy atom. The number of halogens is 1. The summed E-state index contributed by atoms with van der Waals surface area (Å²) in [6.45, 7) is 1.73. The molecule has 0 fully saturated rings. The first-order valence-corrected chi connectivity index (χ1v) is 8.74. The predicted molar refractivity (Wildman–Crippen MR) is 98.3 cm³/mol. The van der Waals surface area contributed by atoms with Gasteiger partial charge >= 0.3 is 6.09 Å². The van der Waals surface area contributed by atoms with Crippen LogP contribution in [0.3, 0.4) is 0 Å². The van der Waals surface area contributed by atoms with Crippen LogP contribution < -0.4 is 5.32 Å². The Hall–Kier alpha value is -2.97. The number of aliphatic hydroxyl groups excluding tert-OH is 1. The van der Waals surface area contributed by atoms with Gasteiger partial charge in [-0.15, -0.1) is 0 Å².